The van der Waals surface area contributed by atoms with E-state index < -0.39 is 0 Å². The lowest BCUT2D eigenvalue weighted by atomic mass is 10.2. The van der Waals surface area contributed by atoms with Gasteiger partial charge in [0, 0.05) is 12.6 Å². The Morgan fingerprint density at radius 1 is 1.60 bits per heavy atom. The minimum atomic E-state index is 0.169. The number of pyridine rings is 1. The van der Waals surface area contributed by atoms with Crippen LogP contribution in [0.5, 0.6) is 0 Å². The SMILES string of the molecule is Cc1cc(N)cnc1N(CCO)C1CC1. The number of nitrogen functional groups attached to an aromatic ring is 1. The topological polar surface area (TPSA) is 62.4 Å². The summed E-state index contributed by atoms with van der Waals surface area (Å²) in [5.41, 5.74) is 7.43. The molecule has 1 saturated carbocycles. The molecule has 0 atom stereocenters. The second-order valence-electron chi connectivity index (χ2n) is 4.06. The minimum Gasteiger partial charge on any atom is -0.397 e. The van der Waals surface area contributed by atoms with Crippen LogP contribution >= 0.6 is 0 Å². The van der Waals surface area contributed by atoms with Gasteiger partial charge >= 0.3 is 0 Å². The van der Waals surface area contributed by atoms with Gasteiger partial charge in [0.1, 0.15) is 5.82 Å². The third-order valence-corrected chi connectivity index (χ3v) is 2.67. The number of nitrogens with zero attached hydrogens (tertiary/aromatic N) is 2. The van der Waals surface area contributed by atoms with Crippen molar-refractivity contribution in [3.8, 4) is 0 Å². The van der Waals surface area contributed by atoms with Crippen molar-refractivity contribution in [2.75, 3.05) is 23.8 Å². The quantitative estimate of drug-likeness (QED) is 0.771. The second kappa shape index (κ2) is 4.06. The predicted molar refractivity (Wildman–Crippen MR) is 60.8 cm³/mol. The Bertz CT molecular complexity index is 350. The van der Waals surface area contributed by atoms with E-state index in [1.165, 1.54) is 12.8 Å². The van der Waals surface area contributed by atoms with E-state index in [1.54, 1.807) is 6.20 Å². The van der Waals surface area contributed by atoms with Crippen molar-refractivity contribution < 1.29 is 5.11 Å². The summed E-state index contributed by atoms with van der Waals surface area (Å²) in [5, 5.41) is 9.03. The number of rotatable bonds is 4. The summed E-state index contributed by atoms with van der Waals surface area (Å²) in [7, 11) is 0. The van der Waals surface area contributed by atoms with E-state index in [9.17, 15) is 0 Å². The molecule has 1 fully saturated rings. The van der Waals surface area contributed by atoms with E-state index in [0.717, 1.165) is 11.4 Å². The molecule has 1 heterocycles. The summed E-state index contributed by atoms with van der Waals surface area (Å²) in [6.45, 7) is 2.83. The van der Waals surface area contributed by atoms with Crippen LogP contribution in [-0.4, -0.2) is 29.3 Å². The Balaban J connectivity index is 2.24. The van der Waals surface area contributed by atoms with Crippen molar-refractivity contribution in [2.24, 2.45) is 0 Å². The minimum absolute atomic E-state index is 0.169. The Morgan fingerprint density at radius 3 is 2.87 bits per heavy atom. The fraction of sp³-hybridized carbons (Fsp3) is 0.545. The number of hydrogen-bond acceptors (Lipinski definition) is 4. The molecule has 0 aliphatic heterocycles. The lowest BCUT2D eigenvalue weighted by molar-refractivity contribution is 0.301. The largest absolute Gasteiger partial charge is 0.397 e. The molecule has 3 N–H and O–H groups in total. The Hall–Kier alpha value is -1.29. The van der Waals surface area contributed by atoms with E-state index in [4.69, 9.17) is 10.8 Å². The van der Waals surface area contributed by atoms with Crippen molar-refractivity contribution in [1.29, 1.82) is 0 Å². The van der Waals surface area contributed by atoms with Gasteiger partial charge in [-0.25, -0.2) is 4.98 Å². The fourth-order valence-electron chi connectivity index (χ4n) is 1.85. The average Bonchev–Trinajstić information content (AvgIpc) is 2.98. The molecule has 2 rings (SSSR count). The highest BCUT2D eigenvalue weighted by molar-refractivity contribution is 5.53. The molecule has 0 saturated heterocycles. The van der Waals surface area contributed by atoms with E-state index >= 15 is 0 Å². The van der Waals surface area contributed by atoms with Crippen LogP contribution in [0.2, 0.25) is 0 Å². The first kappa shape index (κ1) is 10.2. The first-order valence-corrected chi connectivity index (χ1v) is 5.32. The molecule has 1 aliphatic rings. The summed E-state index contributed by atoms with van der Waals surface area (Å²) in [6.07, 6.45) is 4.08. The zero-order valence-corrected chi connectivity index (χ0v) is 8.98. The molecular formula is C11H17N3O. The molecule has 4 nitrogen and oxygen atoms in total. The van der Waals surface area contributed by atoms with Crippen LogP contribution in [0.4, 0.5) is 11.5 Å². The van der Waals surface area contributed by atoms with Crippen molar-refractivity contribution in [2.45, 2.75) is 25.8 Å². The van der Waals surface area contributed by atoms with Crippen molar-refractivity contribution in [3.05, 3.63) is 17.8 Å². The molecule has 0 unspecified atom stereocenters. The summed E-state index contributed by atoms with van der Waals surface area (Å²) in [5.74, 6) is 0.959. The first-order valence-electron chi connectivity index (χ1n) is 5.32. The number of hydrogen-bond donors (Lipinski definition) is 2. The maximum absolute atomic E-state index is 9.03. The molecule has 82 valence electrons. The van der Waals surface area contributed by atoms with Crippen LogP contribution in [0, 0.1) is 6.92 Å². The number of aliphatic hydroxyl groups excluding tert-OH is 1. The smallest absolute Gasteiger partial charge is 0.131 e. The average molecular weight is 207 g/mol. The molecule has 0 spiro atoms. The first-order chi connectivity index (χ1) is 7.22. The van der Waals surface area contributed by atoms with Gasteiger partial charge in [-0.05, 0) is 31.4 Å². The standard InChI is InChI=1S/C11H17N3O/c1-8-6-9(12)7-13-11(8)14(4-5-15)10-2-3-10/h6-7,10,15H,2-5,12H2,1H3. The lowest BCUT2D eigenvalue weighted by Crippen LogP contribution is -2.30. The van der Waals surface area contributed by atoms with Crippen LogP contribution in [0.25, 0.3) is 0 Å². The number of nitrogens with two attached hydrogens (primary N) is 1. The Morgan fingerprint density at radius 2 is 2.33 bits per heavy atom. The summed E-state index contributed by atoms with van der Waals surface area (Å²) < 4.78 is 0. The molecule has 0 aromatic carbocycles. The molecule has 0 radical (unpaired) electrons. The fourth-order valence-corrected chi connectivity index (χ4v) is 1.85. The van der Waals surface area contributed by atoms with Gasteiger partial charge in [0.25, 0.3) is 0 Å². The maximum atomic E-state index is 9.03. The number of aryl methyl sites for hydroxylation is 1. The summed E-state index contributed by atoms with van der Waals surface area (Å²) in [4.78, 5) is 6.52. The Labute approximate surface area is 89.7 Å². The van der Waals surface area contributed by atoms with E-state index in [-0.39, 0.29) is 6.61 Å². The molecule has 1 aromatic rings. The van der Waals surface area contributed by atoms with Gasteiger partial charge in [-0.15, -0.1) is 0 Å². The highest BCUT2D eigenvalue weighted by atomic mass is 16.3. The van der Waals surface area contributed by atoms with Crippen LogP contribution < -0.4 is 10.6 Å². The van der Waals surface area contributed by atoms with Gasteiger partial charge in [0.15, 0.2) is 0 Å². The lowest BCUT2D eigenvalue weighted by Gasteiger charge is -2.24. The van der Waals surface area contributed by atoms with E-state index in [2.05, 4.69) is 9.88 Å². The maximum Gasteiger partial charge on any atom is 0.131 e. The molecule has 0 bridgehead atoms. The highest BCUT2D eigenvalue weighted by Crippen LogP contribution is 2.32. The summed E-state index contributed by atoms with van der Waals surface area (Å²) in [6, 6.07) is 2.49. The van der Waals surface area contributed by atoms with Crippen LogP contribution in [0.15, 0.2) is 12.3 Å². The molecule has 0 amide bonds. The third kappa shape index (κ3) is 2.21. The number of aromatic nitrogens is 1. The predicted octanol–water partition coefficient (Wildman–Crippen LogP) is 0.933. The molecule has 4 heteroatoms. The second-order valence-corrected chi connectivity index (χ2v) is 4.06. The van der Waals surface area contributed by atoms with Gasteiger partial charge in [0.05, 0.1) is 18.5 Å². The normalized spacial score (nSPS) is 15.3. The molecule has 15 heavy (non-hydrogen) atoms. The molecular weight excluding hydrogens is 190 g/mol. The van der Waals surface area contributed by atoms with Crippen molar-refractivity contribution in [3.63, 3.8) is 0 Å². The molecule has 1 aliphatic carbocycles. The van der Waals surface area contributed by atoms with Crippen molar-refractivity contribution in [1.82, 2.24) is 4.98 Å². The van der Waals surface area contributed by atoms with Gasteiger partial charge in [-0.1, -0.05) is 0 Å². The monoisotopic (exact) mass is 207 g/mol. The van der Waals surface area contributed by atoms with E-state index in [1.807, 2.05) is 13.0 Å². The number of aliphatic hydroxyl groups is 1. The van der Waals surface area contributed by atoms with Crippen LogP contribution in [0.3, 0.4) is 0 Å². The van der Waals surface area contributed by atoms with Gasteiger partial charge < -0.3 is 15.7 Å². The van der Waals surface area contributed by atoms with Gasteiger partial charge in [-0.3, -0.25) is 0 Å². The zero-order valence-electron chi connectivity index (χ0n) is 8.98. The molecule has 1 aromatic heterocycles. The van der Waals surface area contributed by atoms with E-state index in [0.29, 0.717) is 18.3 Å². The van der Waals surface area contributed by atoms with Gasteiger partial charge in [-0.2, -0.15) is 0 Å². The number of anilines is 2. The zero-order chi connectivity index (χ0) is 10.8. The summed E-state index contributed by atoms with van der Waals surface area (Å²) >= 11 is 0. The van der Waals surface area contributed by atoms with Crippen LogP contribution in [-0.2, 0) is 0 Å². The van der Waals surface area contributed by atoms with Gasteiger partial charge in [0.2, 0.25) is 0 Å². The Kier molecular flexibility index (Phi) is 2.77. The third-order valence-electron chi connectivity index (χ3n) is 2.67. The van der Waals surface area contributed by atoms with Crippen molar-refractivity contribution >= 4 is 11.5 Å². The van der Waals surface area contributed by atoms with Crippen LogP contribution in [0.1, 0.15) is 18.4 Å². The highest BCUT2D eigenvalue weighted by Gasteiger charge is 2.30.